The molecular weight excluding hydrogens is 1460 g/mol. The Morgan fingerprint density at radius 2 is 0.454 bits per heavy atom. The Balaban J connectivity index is 0.000000119. The third-order valence-corrected chi connectivity index (χ3v) is 26.8. The van der Waals surface area contributed by atoms with Crippen molar-refractivity contribution >= 4 is 40.0 Å². The molecule has 1 N–H and O–H groups in total. The molecule has 6 aliphatic rings. The third kappa shape index (κ3) is 11.1. The fraction of sp³-hybridized carbons (Fsp3) is 0.0690. The summed E-state index contributed by atoms with van der Waals surface area (Å²) in [6, 6.07) is 155. The molecule has 0 bridgehead atoms. The van der Waals surface area contributed by atoms with Gasteiger partial charge in [0.15, 0.2) is 0 Å². The van der Waals surface area contributed by atoms with Crippen LogP contribution in [0.5, 0.6) is 0 Å². The lowest BCUT2D eigenvalue weighted by atomic mass is 9.68. The van der Waals surface area contributed by atoms with Crippen molar-refractivity contribution in [1.29, 1.82) is 0 Å². The van der Waals surface area contributed by atoms with Crippen molar-refractivity contribution in [2.75, 3.05) is 10.2 Å². The first kappa shape index (κ1) is 71.4. The largest absolute Gasteiger partial charge is 0.356 e. The molecule has 2 nitrogen and oxygen atoms in total. The van der Waals surface area contributed by atoms with E-state index in [0.717, 1.165) is 33.5 Å². The molecule has 0 saturated carbocycles. The van der Waals surface area contributed by atoms with Crippen molar-refractivity contribution in [2.45, 2.75) is 49.4 Å². The second-order valence-electron chi connectivity index (χ2n) is 33.4. The fourth-order valence-corrected chi connectivity index (χ4v) is 21.4. The van der Waals surface area contributed by atoms with Gasteiger partial charge in [-0.05, 0) is 251 Å². The predicted molar refractivity (Wildman–Crippen MR) is 498 cm³/mol. The van der Waals surface area contributed by atoms with Crippen molar-refractivity contribution in [3.63, 3.8) is 0 Å². The Kier molecular flexibility index (Phi) is 16.8. The lowest BCUT2D eigenvalue weighted by molar-refractivity contribution is 0.660. The maximum atomic E-state index is 6.24. The number of anilines is 5. The van der Waals surface area contributed by atoms with Crippen LogP contribution in [0.25, 0.3) is 111 Å². The zero-order valence-corrected chi connectivity index (χ0v) is 67.5. The minimum Gasteiger partial charge on any atom is -0.356 e. The molecule has 119 heavy (non-hydrogen) atoms. The average Bonchev–Trinajstić information content (AvgIpc) is 1.51. The van der Waals surface area contributed by atoms with Gasteiger partial charge in [0, 0.05) is 44.3 Å². The molecule has 0 radical (unpaired) electrons. The van der Waals surface area contributed by atoms with E-state index in [1.165, 1.54) is 178 Å². The first-order chi connectivity index (χ1) is 58.5. The van der Waals surface area contributed by atoms with Gasteiger partial charge in [0.05, 0.1) is 10.8 Å². The molecule has 3 heteroatoms. The standard InChI is InChI=1S/C58H41N.C31H19Cl.C27H23N/c1-57(2)51-23-10-6-17-45(51)49-36-35-43(37-55(49)57)59(41-31-27-39(28-32-41)38-15-4-3-5-16-38)42-33-29-40(30-34-42)44-21-14-22-50-48-20-9-13-26-54(48)58(56(44)50)52-24-11-7-18-46(52)47-19-8-12-25-53(47)58;32-21-18-16-20(17-19-21)22-11-7-12-26-25-10-3-6-15-29(25)31(30(22)26)27-13-4-1-8-23(27)24-9-2-5-14-28(24)31;1-27(2)25-11-7-6-10-23(25)24-17-16-22(18-26(24)27)28-21-14-12-20(13-15-21)19-8-4-3-5-9-19/h3-37H,1-2H3;1-19H;3-18,28H,1-2H3. The highest BCUT2D eigenvalue weighted by Crippen LogP contribution is 2.67. The molecule has 18 aromatic rings. The fourth-order valence-electron chi connectivity index (χ4n) is 21.2. The second-order valence-corrected chi connectivity index (χ2v) is 33.9. The van der Waals surface area contributed by atoms with Crippen molar-refractivity contribution in [2.24, 2.45) is 0 Å². The molecule has 0 amide bonds. The summed E-state index contributed by atoms with van der Waals surface area (Å²) >= 11 is 6.24. The summed E-state index contributed by atoms with van der Waals surface area (Å²) in [5.41, 5.74) is 47.1. The van der Waals surface area contributed by atoms with Crippen LogP contribution in [0.4, 0.5) is 28.4 Å². The number of rotatable bonds is 9. The van der Waals surface area contributed by atoms with Gasteiger partial charge in [-0.3, -0.25) is 0 Å². The summed E-state index contributed by atoms with van der Waals surface area (Å²) in [6.07, 6.45) is 0. The topological polar surface area (TPSA) is 15.3 Å². The average molecular weight is 1540 g/mol. The minimum absolute atomic E-state index is 0.0286. The molecule has 0 aliphatic heterocycles. The number of nitrogens with one attached hydrogen (secondary N) is 1. The number of benzene rings is 18. The SMILES string of the molecule is CC1(C)c2ccccc2-c2ccc(N(c3ccc(-c4ccccc4)cc3)c3ccc(-c4cccc5c4C4(c6ccccc6-c6ccccc64)c4ccccc4-5)cc3)cc21.CC1(C)c2ccccc2-c2ccc(Nc3ccc(-c4ccccc4)cc3)cc21.Clc1ccc(-c2cccc3c2C2(c4ccccc4-c4ccccc42)c2ccccc2-3)cc1. The van der Waals surface area contributed by atoms with Crippen LogP contribution in [0.1, 0.15) is 94.5 Å². The van der Waals surface area contributed by atoms with Gasteiger partial charge in [-0.15, -0.1) is 0 Å². The van der Waals surface area contributed by atoms with Gasteiger partial charge < -0.3 is 10.2 Å². The monoisotopic (exact) mass is 1540 g/mol. The molecule has 564 valence electrons. The van der Waals surface area contributed by atoms with E-state index in [4.69, 9.17) is 11.6 Å². The molecular formula is C116H83ClN2. The van der Waals surface area contributed by atoms with E-state index in [0.29, 0.717) is 0 Å². The number of fused-ring (bicyclic) bond motifs is 26. The third-order valence-electron chi connectivity index (χ3n) is 26.5. The quantitative estimate of drug-likeness (QED) is 0.155. The zero-order chi connectivity index (χ0) is 79.7. The van der Waals surface area contributed by atoms with Crippen molar-refractivity contribution in [3.05, 3.63) is 496 Å². The van der Waals surface area contributed by atoms with E-state index < -0.39 is 5.41 Å². The van der Waals surface area contributed by atoms with E-state index in [1.54, 1.807) is 0 Å². The van der Waals surface area contributed by atoms with Crippen LogP contribution < -0.4 is 10.2 Å². The smallest absolute Gasteiger partial charge is 0.0731 e. The van der Waals surface area contributed by atoms with E-state index >= 15 is 0 Å². The van der Waals surface area contributed by atoms with Crippen molar-refractivity contribution < 1.29 is 0 Å². The first-order valence-electron chi connectivity index (χ1n) is 41.5. The molecule has 18 aromatic carbocycles. The van der Waals surface area contributed by atoms with Crippen molar-refractivity contribution in [3.8, 4) is 111 Å². The first-order valence-corrected chi connectivity index (χ1v) is 41.9. The summed E-state index contributed by atoms with van der Waals surface area (Å²) in [5, 5.41) is 4.34. The highest BCUT2D eigenvalue weighted by molar-refractivity contribution is 6.30. The van der Waals surface area contributed by atoms with Gasteiger partial charge in [-0.2, -0.15) is 0 Å². The van der Waals surface area contributed by atoms with E-state index in [2.05, 4.69) is 444 Å². The maximum absolute atomic E-state index is 6.24. The summed E-state index contributed by atoms with van der Waals surface area (Å²) < 4.78 is 0. The van der Waals surface area contributed by atoms with Gasteiger partial charge in [0.25, 0.3) is 0 Å². The molecule has 2 spiro atoms. The van der Waals surface area contributed by atoms with Gasteiger partial charge in [0.2, 0.25) is 0 Å². The highest BCUT2D eigenvalue weighted by Gasteiger charge is 2.54. The number of halogens is 1. The molecule has 0 fully saturated rings. The van der Waals surface area contributed by atoms with Crippen LogP contribution in [-0.4, -0.2) is 0 Å². The minimum atomic E-state index is -0.407. The normalized spacial score (nSPS) is 14.0. The van der Waals surface area contributed by atoms with Crippen LogP contribution in [-0.2, 0) is 21.7 Å². The maximum Gasteiger partial charge on any atom is 0.0731 e. The molecule has 0 heterocycles. The van der Waals surface area contributed by atoms with Crippen LogP contribution in [0, 0.1) is 0 Å². The Bertz CT molecular complexity index is 6920. The molecule has 0 unspecified atom stereocenters. The highest BCUT2D eigenvalue weighted by atomic mass is 35.5. The van der Waals surface area contributed by atoms with Crippen LogP contribution in [0.3, 0.4) is 0 Å². The number of nitrogens with zero attached hydrogens (tertiary/aromatic N) is 1. The van der Waals surface area contributed by atoms with Crippen LogP contribution >= 0.6 is 11.6 Å². The van der Waals surface area contributed by atoms with Gasteiger partial charge in [-0.25, -0.2) is 0 Å². The van der Waals surface area contributed by atoms with Gasteiger partial charge in [0.1, 0.15) is 0 Å². The summed E-state index contributed by atoms with van der Waals surface area (Å²) in [5.74, 6) is 0. The van der Waals surface area contributed by atoms with Gasteiger partial charge in [-0.1, -0.05) is 391 Å². The summed E-state index contributed by atoms with van der Waals surface area (Å²) in [6.45, 7) is 9.35. The molecule has 0 saturated heterocycles. The van der Waals surface area contributed by atoms with Gasteiger partial charge >= 0.3 is 0 Å². The van der Waals surface area contributed by atoms with E-state index in [1.807, 2.05) is 18.2 Å². The second kappa shape index (κ2) is 28.1. The van der Waals surface area contributed by atoms with E-state index in [9.17, 15) is 0 Å². The number of hydrogen-bond acceptors (Lipinski definition) is 2. The van der Waals surface area contributed by atoms with Crippen LogP contribution in [0.15, 0.2) is 425 Å². The van der Waals surface area contributed by atoms with Crippen LogP contribution in [0.2, 0.25) is 5.02 Å². The Labute approximate surface area is 702 Å². The molecule has 0 atom stereocenters. The Morgan fingerprint density at radius 1 is 0.193 bits per heavy atom. The van der Waals surface area contributed by atoms with E-state index in [-0.39, 0.29) is 16.2 Å². The van der Waals surface area contributed by atoms with Crippen molar-refractivity contribution in [1.82, 2.24) is 0 Å². The molecule has 24 rings (SSSR count). The summed E-state index contributed by atoms with van der Waals surface area (Å²) in [4.78, 5) is 2.42. The molecule has 6 aliphatic carbocycles. The lowest BCUT2D eigenvalue weighted by Crippen LogP contribution is -2.26. The number of hydrogen-bond donors (Lipinski definition) is 1. The Morgan fingerprint density at radius 3 is 0.849 bits per heavy atom. The zero-order valence-electron chi connectivity index (χ0n) is 66.7. The lowest BCUT2D eigenvalue weighted by Gasteiger charge is -2.32. The summed E-state index contributed by atoms with van der Waals surface area (Å²) in [7, 11) is 0. The predicted octanol–water partition coefficient (Wildman–Crippen LogP) is 30.9. The Hall–Kier alpha value is -14.2. The molecule has 0 aromatic heterocycles.